The summed E-state index contributed by atoms with van der Waals surface area (Å²) in [6.45, 7) is 10.9. The molecule has 1 amide bonds. The standard InChI is InChI=1S/C17H31N7OS/c1-6-14-20-17(26-21-14)24-9-7-23(8-10-24)16(18-11-13(2)3)19-12-15(25)22(4)5/h13H,6-12H2,1-5H3,(H,18,19). The first-order valence-electron chi connectivity index (χ1n) is 9.21. The molecule has 1 fully saturated rings. The van der Waals surface area contributed by atoms with Crippen LogP contribution in [0.2, 0.25) is 0 Å². The van der Waals surface area contributed by atoms with Crippen LogP contribution in [-0.4, -0.2) is 84.4 Å². The van der Waals surface area contributed by atoms with Crippen molar-refractivity contribution in [3.8, 4) is 0 Å². The van der Waals surface area contributed by atoms with Gasteiger partial charge in [-0.05, 0) is 5.92 Å². The van der Waals surface area contributed by atoms with Crippen LogP contribution in [0.25, 0.3) is 0 Å². The fourth-order valence-corrected chi connectivity index (χ4v) is 3.27. The number of rotatable bonds is 6. The van der Waals surface area contributed by atoms with Gasteiger partial charge in [-0.3, -0.25) is 4.79 Å². The monoisotopic (exact) mass is 381 g/mol. The maximum atomic E-state index is 11.9. The number of likely N-dealkylation sites (N-methyl/N-ethyl adjacent to an activating group) is 1. The van der Waals surface area contributed by atoms with Crippen LogP contribution in [0.15, 0.2) is 4.99 Å². The Morgan fingerprint density at radius 1 is 1.31 bits per heavy atom. The first kappa shape index (κ1) is 20.4. The molecule has 0 atom stereocenters. The Balaban J connectivity index is 1.97. The Morgan fingerprint density at radius 3 is 2.54 bits per heavy atom. The van der Waals surface area contributed by atoms with Crippen LogP contribution in [0.3, 0.4) is 0 Å². The van der Waals surface area contributed by atoms with Crippen LogP contribution in [0.5, 0.6) is 0 Å². The minimum atomic E-state index is 0.00781. The van der Waals surface area contributed by atoms with E-state index in [1.54, 1.807) is 19.0 Å². The highest BCUT2D eigenvalue weighted by molar-refractivity contribution is 7.09. The molecule has 1 saturated heterocycles. The Morgan fingerprint density at radius 2 is 2.00 bits per heavy atom. The van der Waals surface area contributed by atoms with E-state index in [4.69, 9.17) is 0 Å². The first-order chi connectivity index (χ1) is 12.4. The lowest BCUT2D eigenvalue weighted by Crippen LogP contribution is -2.53. The Kier molecular flexibility index (Phi) is 7.62. The number of aromatic nitrogens is 2. The van der Waals surface area contributed by atoms with E-state index in [2.05, 4.69) is 50.2 Å². The second-order valence-electron chi connectivity index (χ2n) is 7.02. The lowest BCUT2D eigenvalue weighted by atomic mass is 10.2. The van der Waals surface area contributed by atoms with E-state index in [1.807, 2.05) is 0 Å². The van der Waals surface area contributed by atoms with Crippen molar-refractivity contribution in [2.24, 2.45) is 10.9 Å². The van der Waals surface area contributed by atoms with Gasteiger partial charge in [-0.1, -0.05) is 20.8 Å². The molecule has 0 radical (unpaired) electrons. The Hall–Kier alpha value is -1.90. The zero-order valence-electron chi connectivity index (χ0n) is 16.5. The highest BCUT2D eigenvalue weighted by atomic mass is 32.1. The van der Waals surface area contributed by atoms with Gasteiger partial charge in [0, 0.05) is 64.8 Å². The van der Waals surface area contributed by atoms with Gasteiger partial charge in [-0.2, -0.15) is 4.37 Å². The third kappa shape index (κ3) is 5.82. The van der Waals surface area contributed by atoms with Crippen molar-refractivity contribution in [2.45, 2.75) is 27.2 Å². The molecule has 2 rings (SSSR count). The molecule has 1 aliphatic rings. The summed E-state index contributed by atoms with van der Waals surface area (Å²) in [4.78, 5) is 27.1. The summed E-state index contributed by atoms with van der Waals surface area (Å²) in [7, 11) is 3.51. The molecule has 1 aromatic rings. The summed E-state index contributed by atoms with van der Waals surface area (Å²) in [6.07, 6.45) is 0.867. The highest BCUT2D eigenvalue weighted by Gasteiger charge is 2.22. The third-order valence-electron chi connectivity index (χ3n) is 4.15. The van der Waals surface area contributed by atoms with Gasteiger partial charge >= 0.3 is 0 Å². The lowest BCUT2D eigenvalue weighted by Gasteiger charge is -2.36. The van der Waals surface area contributed by atoms with Crippen molar-refractivity contribution in [3.05, 3.63) is 5.82 Å². The van der Waals surface area contributed by atoms with Crippen molar-refractivity contribution >= 4 is 28.5 Å². The van der Waals surface area contributed by atoms with Gasteiger partial charge in [0.2, 0.25) is 11.0 Å². The van der Waals surface area contributed by atoms with E-state index in [-0.39, 0.29) is 12.5 Å². The molecule has 8 nitrogen and oxygen atoms in total. The smallest absolute Gasteiger partial charge is 0.243 e. The van der Waals surface area contributed by atoms with Gasteiger partial charge in [0.25, 0.3) is 0 Å². The summed E-state index contributed by atoms with van der Waals surface area (Å²) in [6, 6.07) is 0. The molecule has 9 heteroatoms. The van der Waals surface area contributed by atoms with Gasteiger partial charge in [-0.15, -0.1) is 0 Å². The average molecular weight is 382 g/mol. The molecule has 0 saturated carbocycles. The minimum Gasteiger partial charge on any atom is -0.356 e. The number of carbonyl (C=O) groups is 1. The predicted molar refractivity (Wildman–Crippen MR) is 107 cm³/mol. The Labute approximate surface area is 160 Å². The number of aryl methyl sites for hydroxylation is 1. The first-order valence-corrected chi connectivity index (χ1v) is 9.99. The van der Waals surface area contributed by atoms with E-state index in [0.29, 0.717) is 5.92 Å². The van der Waals surface area contributed by atoms with Crippen LogP contribution in [0, 0.1) is 5.92 Å². The molecule has 2 heterocycles. The normalized spacial score (nSPS) is 15.5. The van der Waals surface area contributed by atoms with Crippen LogP contribution in [0.4, 0.5) is 5.13 Å². The fraction of sp³-hybridized carbons (Fsp3) is 0.765. The summed E-state index contributed by atoms with van der Waals surface area (Å²) < 4.78 is 4.38. The maximum Gasteiger partial charge on any atom is 0.243 e. The largest absolute Gasteiger partial charge is 0.356 e. The maximum absolute atomic E-state index is 11.9. The number of carbonyl (C=O) groups excluding carboxylic acids is 1. The second kappa shape index (κ2) is 9.70. The summed E-state index contributed by atoms with van der Waals surface area (Å²) in [5, 5.41) is 4.41. The number of aliphatic imine (C=N–C) groups is 1. The molecule has 0 unspecified atom stereocenters. The van der Waals surface area contributed by atoms with Crippen molar-refractivity contribution in [1.82, 2.24) is 24.5 Å². The number of hydrogen-bond donors (Lipinski definition) is 1. The Bertz CT molecular complexity index is 606. The zero-order chi connectivity index (χ0) is 19.1. The molecule has 0 spiro atoms. The van der Waals surface area contributed by atoms with Crippen LogP contribution < -0.4 is 10.2 Å². The minimum absolute atomic E-state index is 0.00781. The second-order valence-corrected chi connectivity index (χ2v) is 7.75. The van der Waals surface area contributed by atoms with Crippen LogP contribution in [0.1, 0.15) is 26.6 Å². The molecule has 0 aliphatic carbocycles. The molecular formula is C17H31N7OS. The molecule has 146 valence electrons. The average Bonchev–Trinajstić information content (AvgIpc) is 3.10. The predicted octanol–water partition coefficient (Wildman–Crippen LogP) is 0.912. The van der Waals surface area contributed by atoms with E-state index in [0.717, 1.165) is 56.1 Å². The van der Waals surface area contributed by atoms with Crippen molar-refractivity contribution in [1.29, 1.82) is 0 Å². The molecule has 0 bridgehead atoms. The number of nitrogens with one attached hydrogen (secondary N) is 1. The van der Waals surface area contributed by atoms with Gasteiger partial charge in [0.1, 0.15) is 12.4 Å². The lowest BCUT2D eigenvalue weighted by molar-refractivity contribution is -0.127. The molecule has 1 aliphatic heterocycles. The summed E-state index contributed by atoms with van der Waals surface area (Å²) >= 11 is 1.47. The fourth-order valence-electron chi connectivity index (χ4n) is 2.47. The zero-order valence-corrected chi connectivity index (χ0v) is 17.3. The van der Waals surface area contributed by atoms with Gasteiger partial charge in [0.05, 0.1) is 0 Å². The van der Waals surface area contributed by atoms with Gasteiger partial charge in [0.15, 0.2) is 5.96 Å². The van der Waals surface area contributed by atoms with E-state index in [9.17, 15) is 4.79 Å². The quantitative estimate of drug-likeness (QED) is 0.583. The number of hydrogen-bond acceptors (Lipinski definition) is 6. The van der Waals surface area contributed by atoms with Crippen LogP contribution in [-0.2, 0) is 11.2 Å². The van der Waals surface area contributed by atoms with Crippen LogP contribution >= 0.6 is 11.5 Å². The van der Waals surface area contributed by atoms with E-state index in [1.165, 1.54) is 11.5 Å². The van der Waals surface area contributed by atoms with Crippen molar-refractivity contribution < 1.29 is 4.79 Å². The van der Waals surface area contributed by atoms with E-state index >= 15 is 0 Å². The third-order valence-corrected chi connectivity index (χ3v) is 4.97. The molecule has 26 heavy (non-hydrogen) atoms. The van der Waals surface area contributed by atoms with Crippen molar-refractivity contribution in [3.63, 3.8) is 0 Å². The molecular weight excluding hydrogens is 350 g/mol. The SMILES string of the molecule is CCc1nsc(N2CCN(C(=NCC(=O)N(C)C)NCC(C)C)CC2)n1. The summed E-state index contributed by atoms with van der Waals surface area (Å²) in [5.41, 5.74) is 0. The van der Waals surface area contributed by atoms with Gasteiger partial charge in [-0.25, -0.2) is 9.98 Å². The molecule has 1 N–H and O–H groups in total. The number of nitrogens with zero attached hydrogens (tertiary/aromatic N) is 6. The van der Waals surface area contributed by atoms with Gasteiger partial charge < -0.3 is 20.0 Å². The van der Waals surface area contributed by atoms with E-state index < -0.39 is 0 Å². The number of anilines is 1. The number of guanidine groups is 1. The number of amides is 1. The summed E-state index contributed by atoms with van der Waals surface area (Å²) in [5.74, 6) is 2.25. The molecule has 1 aromatic heterocycles. The van der Waals surface area contributed by atoms with Crippen molar-refractivity contribution in [2.75, 3.05) is 58.3 Å². The topological polar surface area (TPSA) is 77.0 Å². The molecule has 0 aromatic carbocycles. The number of piperazine rings is 1. The highest BCUT2D eigenvalue weighted by Crippen LogP contribution is 2.19.